The average Bonchev–Trinajstić information content (AvgIpc) is 3.13. The Kier molecular flexibility index (Phi) is 4.59. The van der Waals surface area contributed by atoms with Gasteiger partial charge in [0.15, 0.2) is 5.82 Å². The molecule has 7 heteroatoms. The van der Waals surface area contributed by atoms with E-state index in [-0.39, 0.29) is 5.91 Å². The molecule has 4 rings (SSSR count). The molecule has 0 unspecified atom stereocenters. The highest BCUT2D eigenvalue weighted by atomic mass is 16.2. The van der Waals surface area contributed by atoms with Gasteiger partial charge in [0.05, 0.1) is 6.33 Å². The molecule has 0 bridgehead atoms. The molecule has 0 saturated carbocycles. The second-order valence-electron chi connectivity index (χ2n) is 6.23. The number of carbonyl (C=O) groups is 1. The van der Waals surface area contributed by atoms with Gasteiger partial charge in [-0.1, -0.05) is 0 Å². The average molecular weight is 348 g/mol. The van der Waals surface area contributed by atoms with Gasteiger partial charge in [-0.2, -0.15) is 5.10 Å². The maximum Gasteiger partial charge on any atom is 0.253 e. The molecule has 3 heterocycles. The van der Waals surface area contributed by atoms with Crippen LogP contribution in [0.3, 0.4) is 0 Å². The number of imidazole rings is 1. The molecule has 132 valence electrons. The summed E-state index contributed by atoms with van der Waals surface area (Å²) in [6.45, 7) is 3.07. The van der Waals surface area contributed by atoms with Gasteiger partial charge in [-0.25, -0.2) is 4.98 Å². The van der Waals surface area contributed by atoms with E-state index in [0.717, 1.165) is 37.6 Å². The summed E-state index contributed by atoms with van der Waals surface area (Å²) in [5.41, 5.74) is 1.70. The Morgan fingerprint density at radius 1 is 0.962 bits per heavy atom. The molecule has 1 fully saturated rings. The van der Waals surface area contributed by atoms with Crippen LogP contribution in [-0.2, 0) is 0 Å². The molecule has 0 radical (unpaired) electrons. The minimum atomic E-state index is 0.0724. The molecule has 26 heavy (non-hydrogen) atoms. The molecule has 1 aliphatic rings. The number of hydrogen-bond donors (Lipinski definition) is 0. The van der Waals surface area contributed by atoms with E-state index in [4.69, 9.17) is 0 Å². The number of rotatable bonds is 3. The zero-order chi connectivity index (χ0) is 17.8. The summed E-state index contributed by atoms with van der Waals surface area (Å²) in [5.74, 6) is 0.940. The van der Waals surface area contributed by atoms with Gasteiger partial charge in [0, 0.05) is 56.0 Å². The monoisotopic (exact) mass is 348 g/mol. The van der Waals surface area contributed by atoms with Crippen molar-refractivity contribution >= 4 is 11.7 Å². The zero-order valence-electron chi connectivity index (χ0n) is 14.4. The van der Waals surface area contributed by atoms with Crippen LogP contribution in [-0.4, -0.2) is 56.7 Å². The van der Waals surface area contributed by atoms with Crippen molar-refractivity contribution in [3.63, 3.8) is 0 Å². The molecule has 0 atom stereocenters. The predicted octanol–water partition coefficient (Wildman–Crippen LogP) is 2.01. The lowest BCUT2D eigenvalue weighted by Crippen LogP contribution is -2.35. The summed E-state index contributed by atoms with van der Waals surface area (Å²) in [6.07, 6.45) is 7.94. The van der Waals surface area contributed by atoms with Crippen molar-refractivity contribution < 1.29 is 4.79 Å². The van der Waals surface area contributed by atoms with E-state index in [1.165, 1.54) is 0 Å². The minimum Gasteiger partial charge on any atom is -0.353 e. The second kappa shape index (κ2) is 7.35. The molecule has 1 aromatic carbocycles. The van der Waals surface area contributed by atoms with E-state index in [9.17, 15) is 4.79 Å². The normalized spacial score (nSPS) is 14.9. The van der Waals surface area contributed by atoms with Gasteiger partial charge in [-0.3, -0.25) is 4.79 Å². The molecular weight excluding hydrogens is 328 g/mol. The maximum absolute atomic E-state index is 12.9. The van der Waals surface area contributed by atoms with Gasteiger partial charge in [0.2, 0.25) is 0 Å². The predicted molar refractivity (Wildman–Crippen MR) is 98.3 cm³/mol. The van der Waals surface area contributed by atoms with Crippen LogP contribution in [0.4, 0.5) is 5.82 Å². The van der Waals surface area contributed by atoms with Crippen LogP contribution in [0.1, 0.15) is 16.8 Å². The van der Waals surface area contributed by atoms with Gasteiger partial charge in [-0.05, 0) is 42.8 Å². The summed E-state index contributed by atoms with van der Waals surface area (Å²) in [4.78, 5) is 21.0. The zero-order valence-corrected chi connectivity index (χ0v) is 14.4. The second-order valence-corrected chi connectivity index (χ2v) is 6.23. The Balaban J connectivity index is 1.43. The van der Waals surface area contributed by atoms with E-state index in [2.05, 4.69) is 20.1 Å². The summed E-state index contributed by atoms with van der Waals surface area (Å²) >= 11 is 0. The Bertz CT molecular complexity index is 848. The topological polar surface area (TPSA) is 67.2 Å². The Morgan fingerprint density at radius 2 is 1.85 bits per heavy atom. The quantitative estimate of drug-likeness (QED) is 0.724. The molecule has 0 spiro atoms. The number of hydrogen-bond acceptors (Lipinski definition) is 5. The van der Waals surface area contributed by atoms with Gasteiger partial charge >= 0.3 is 0 Å². The van der Waals surface area contributed by atoms with Crippen LogP contribution < -0.4 is 4.90 Å². The molecule has 1 amide bonds. The molecule has 1 aliphatic heterocycles. The third-order valence-corrected chi connectivity index (χ3v) is 4.58. The van der Waals surface area contributed by atoms with E-state index in [1.54, 1.807) is 18.7 Å². The number of anilines is 1. The maximum atomic E-state index is 12.9. The number of benzene rings is 1. The Labute approximate surface area is 151 Å². The Hall–Kier alpha value is -3.22. The van der Waals surface area contributed by atoms with Gasteiger partial charge in [-0.15, -0.1) is 5.10 Å². The van der Waals surface area contributed by atoms with Crippen molar-refractivity contribution in [2.45, 2.75) is 6.42 Å². The molecule has 0 N–H and O–H groups in total. The highest BCUT2D eigenvalue weighted by molar-refractivity contribution is 5.94. The minimum absolute atomic E-state index is 0.0724. The highest BCUT2D eigenvalue weighted by Crippen LogP contribution is 2.15. The molecule has 7 nitrogen and oxygen atoms in total. The van der Waals surface area contributed by atoms with Crippen LogP contribution >= 0.6 is 0 Å². The van der Waals surface area contributed by atoms with Crippen LogP contribution in [0.15, 0.2) is 61.3 Å². The molecular formula is C19H20N6O. The van der Waals surface area contributed by atoms with Crippen molar-refractivity contribution in [2.24, 2.45) is 0 Å². The SMILES string of the molecule is O=C(c1ccc(-n2ccnc2)cc1)N1CCCN(c2cccnn2)CC1. The molecule has 0 aliphatic carbocycles. The first-order valence-corrected chi connectivity index (χ1v) is 8.71. The highest BCUT2D eigenvalue weighted by Gasteiger charge is 2.21. The molecule has 1 saturated heterocycles. The van der Waals surface area contributed by atoms with Crippen molar-refractivity contribution in [2.75, 3.05) is 31.1 Å². The smallest absolute Gasteiger partial charge is 0.253 e. The van der Waals surface area contributed by atoms with Crippen LogP contribution in [0.5, 0.6) is 0 Å². The van der Waals surface area contributed by atoms with Crippen LogP contribution in [0.25, 0.3) is 5.69 Å². The summed E-state index contributed by atoms with van der Waals surface area (Å²) in [7, 11) is 0. The van der Waals surface area contributed by atoms with Gasteiger partial charge in [0.1, 0.15) is 0 Å². The standard InChI is InChI=1S/C19H20N6O/c26-19(16-4-6-17(7-5-16)25-12-9-20-15-25)24-11-2-10-23(13-14-24)18-3-1-8-21-22-18/h1,3-9,12,15H,2,10-11,13-14H2. The number of aromatic nitrogens is 4. The number of nitrogens with zero attached hydrogens (tertiary/aromatic N) is 6. The van der Waals surface area contributed by atoms with Gasteiger partial charge < -0.3 is 14.4 Å². The van der Waals surface area contributed by atoms with Crippen LogP contribution in [0.2, 0.25) is 0 Å². The number of amides is 1. The van der Waals surface area contributed by atoms with Crippen molar-refractivity contribution in [1.82, 2.24) is 24.6 Å². The first kappa shape index (κ1) is 16.3. The first-order valence-electron chi connectivity index (χ1n) is 8.71. The lowest BCUT2D eigenvalue weighted by molar-refractivity contribution is 0.0767. The fraction of sp³-hybridized carbons (Fsp3) is 0.263. The van der Waals surface area contributed by atoms with Gasteiger partial charge in [0.25, 0.3) is 5.91 Å². The summed E-state index contributed by atoms with van der Waals surface area (Å²) < 4.78 is 1.92. The summed E-state index contributed by atoms with van der Waals surface area (Å²) in [5, 5.41) is 8.11. The third-order valence-electron chi connectivity index (χ3n) is 4.58. The van der Waals surface area contributed by atoms with E-state index < -0.39 is 0 Å². The van der Waals surface area contributed by atoms with E-state index in [1.807, 2.05) is 52.1 Å². The molecule has 2 aromatic heterocycles. The fourth-order valence-corrected chi connectivity index (χ4v) is 3.18. The number of carbonyl (C=O) groups excluding carboxylic acids is 1. The third kappa shape index (κ3) is 3.42. The first-order chi connectivity index (χ1) is 12.8. The summed E-state index contributed by atoms with van der Waals surface area (Å²) in [6, 6.07) is 11.5. The van der Waals surface area contributed by atoms with E-state index in [0.29, 0.717) is 12.1 Å². The van der Waals surface area contributed by atoms with Crippen molar-refractivity contribution in [1.29, 1.82) is 0 Å². The lowest BCUT2D eigenvalue weighted by Gasteiger charge is -2.22. The Morgan fingerprint density at radius 3 is 2.58 bits per heavy atom. The largest absolute Gasteiger partial charge is 0.353 e. The van der Waals surface area contributed by atoms with Crippen molar-refractivity contribution in [3.05, 3.63) is 66.9 Å². The fourth-order valence-electron chi connectivity index (χ4n) is 3.18. The molecule has 3 aromatic rings. The lowest BCUT2D eigenvalue weighted by atomic mass is 10.1. The van der Waals surface area contributed by atoms with Crippen molar-refractivity contribution in [3.8, 4) is 5.69 Å². The van der Waals surface area contributed by atoms with Crippen LogP contribution in [0, 0.1) is 0 Å². The van der Waals surface area contributed by atoms with E-state index >= 15 is 0 Å².